The van der Waals surface area contributed by atoms with Crippen molar-refractivity contribution in [1.82, 2.24) is 0 Å². The molecule has 0 saturated heterocycles. The van der Waals surface area contributed by atoms with Crippen LogP contribution in [0.1, 0.15) is 24.8 Å². The van der Waals surface area contributed by atoms with Gasteiger partial charge in [0.1, 0.15) is 5.75 Å². The largest absolute Gasteiger partial charge is 0.496 e. The Balaban J connectivity index is 2.21. The predicted molar refractivity (Wildman–Crippen MR) is 73.4 cm³/mol. The third kappa shape index (κ3) is 3.02. The predicted octanol–water partition coefficient (Wildman–Crippen LogP) is 3.71. The summed E-state index contributed by atoms with van der Waals surface area (Å²) in [6.45, 7) is 0. The Kier molecular flexibility index (Phi) is 4.22. The van der Waals surface area contributed by atoms with Gasteiger partial charge in [-0.25, -0.2) is 0 Å². The molecule has 1 aliphatic carbocycles. The summed E-state index contributed by atoms with van der Waals surface area (Å²) in [5.41, 5.74) is 1.09. The Morgan fingerprint density at radius 1 is 1.44 bits per heavy atom. The van der Waals surface area contributed by atoms with Gasteiger partial charge in [-0.1, -0.05) is 22.4 Å². The van der Waals surface area contributed by atoms with Crippen molar-refractivity contribution in [3.63, 3.8) is 0 Å². The van der Waals surface area contributed by atoms with Crippen LogP contribution in [0.15, 0.2) is 18.2 Å². The Hall–Kier alpha value is -1.10. The van der Waals surface area contributed by atoms with E-state index in [9.17, 15) is 10.1 Å². The van der Waals surface area contributed by atoms with Crippen LogP contribution in [0.25, 0.3) is 0 Å². The van der Waals surface area contributed by atoms with Gasteiger partial charge >= 0.3 is 0 Å². The number of nitro groups is 1. The summed E-state index contributed by atoms with van der Waals surface area (Å²) in [6.07, 6.45) is 4.47. The molecule has 1 fully saturated rings. The lowest BCUT2D eigenvalue weighted by molar-refractivity contribution is -0.385. The normalized spacial score (nSPS) is 23.0. The molecule has 98 valence electrons. The van der Waals surface area contributed by atoms with E-state index in [-0.39, 0.29) is 10.6 Å². The van der Waals surface area contributed by atoms with Crippen molar-refractivity contribution in [1.29, 1.82) is 0 Å². The van der Waals surface area contributed by atoms with Crippen LogP contribution in [0.2, 0.25) is 0 Å². The van der Waals surface area contributed by atoms with E-state index in [4.69, 9.17) is 4.74 Å². The molecule has 0 amide bonds. The molecule has 2 unspecified atom stereocenters. The molecule has 18 heavy (non-hydrogen) atoms. The van der Waals surface area contributed by atoms with E-state index in [2.05, 4.69) is 15.9 Å². The number of benzene rings is 1. The number of alkyl halides is 1. The Morgan fingerprint density at radius 3 is 2.78 bits per heavy atom. The Morgan fingerprint density at radius 2 is 2.22 bits per heavy atom. The van der Waals surface area contributed by atoms with Crippen molar-refractivity contribution in [3.8, 4) is 5.75 Å². The molecule has 1 aromatic carbocycles. The summed E-state index contributed by atoms with van der Waals surface area (Å²) in [5.74, 6) is 1.13. The van der Waals surface area contributed by atoms with Crippen molar-refractivity contribution in [2.24, 2.45) is 5.92 Å². The highest BCUT2D eigenvalue weighted by Crippen LogP contribution is 2.35. The standard InChI is InChI=1S/C13H16BrNO3/c1-18-12-7-9(6-11(8-12)15(16)17)5-10-3-2-4-13(10)14/h6-8,10,13H,2-5H2,1H3. The molecule has 1 saturated carbocycles. The Labute approximate surface area is 115 Å². The van der Waals surface area contributed by atoms with Crippen LogP contribution in [-0.2, 0) is 6.42 Å². The van der Waals surface area contributed by atoms with Gasteiger partial charge in [-0.3, -0.25) is 10.1 Å². The summed E-state index contributed by atoms with van der Waals surface area (Å²) in [6, 6.07) is 5.01. The zero-order valence-electron chi connectivity index (χ0n) is 10.3. The molecule has 0 N–H and O–H groups in total. The van der Waals surface area contributed by atoms with Crippen LogP contribution in [0.3, 0.4) is 0 Å². The van der Waals surface area contributed by atoms with Crippen LogP contribution in [0, 0.1) is 16.0 Å². The third-order valence-electron chi connectivity index (χ3n) is 3.46. The lowest BCUT2D eigenvalue weighted by atomic mass is 9.97. The SMILES string of the molecule is COc1cc(CC2CCCC2Br)cc([N+](=O)[O-])c1. The molecule has 0 bridgehead atoms. The molecule has 0 aliphatic heterocycles. The minimum atomic E-state index is -0.369. The molecule has 1 aromatic rings. The lowest BCUT2D eigenvalue weighted by Crippen LogP contribution is -2.10. The molecule has 0 aromatic heterocycles. The quantitative estimate of drug-likeness (QED) is 0.483. The summed E-state index contributed by atoms with van der Waals surface area (Å²) in [5, 5.41) is 10.9. The van der Waals surface area contributed by atoms with Gasteiger partial charge in [0.05, 0.1) is 18.1 Å². The van der Waals surface area contributed by atoms with Crippen LogP contribution in [0.5, 0.6) is 5.75 Å². The minimum absolute atomic E-state index is 0.105. The van der Waals surface area contributed by atoms with Gasteiger partial charge in [-0.2, -0.15) is 0 Å². The zero-order valence-corrected chi connectivity index (χ0v) is 11.9. The molecule has 2 rings (SSSR count). The highest BCUT2D eigenvalue weighted by Gasteiger charge is 2.25. The maximum absolute atomic E-state index is 10.9. The van der Waals surface area contributed by atoms with E-state index >= 15 is 0 Å². The fraction of sp³-hybridized carbons (Fsp3) is 0.538. The summed E-state index contributed by atoms with van der Waals surface area (Å²) < 4.78 is 5.12. The smallest absolute Gasteiger partial charge is 0.273 e. The van der Waals surface area contributed by atoms with Gasteiger partial charge in [-0.05, 0) is 36.8 Å². The summed E-state index contributed by atoms with van der Waals surface area (Å²) >= 11 is 3.68. The first-order chi connectivity index (χ1) is 8.60. The second-order valence-electron chi connectivity index (χ2n) is 4.71. The number of nitrogens with zero attached hydrogens (tertiary/aromatic N) is 1. The number of hydrogen-bond acceptors (Lipinski definition) is 3. The first-order valence-corrected chi connectivity index (χ1v) is 6.98. The van der Waals surface area contributed by atoms with Crippen LogP contribution < -0.4 is 4.74 Å². The van der Waals surface area contributed by atoms with E-state index in [0.29, 0.717) is 16.5 Å². The van der Waals surface area contributed by atoms with Crippen molar-refractivity contribution in [2.45, 2.75) is 30.5 Å². The highest BCUT2D eigenvalue weighted by molar-refractivity contribution is 9.09. The van der Waals surface area contributed by atoms with Crippen molar-refractivity contribution in [2.75, 3.05) is 7.11 Å². The fourth-order valence-corrected chi connectivity index (χ4v) is 3.28. The molecule has 4 nitrogen and oxygen atoms in total. The van der Waals surface area contributed by atoms with Gasteiger partial charge in [0.2, 0.25) is 0 Å². The van der Waals surface area contributed by atoms with Crippen LogP contribution in [0.4, 0.5) is 5.69 Å². The molecule has 0 heterocycles. The second-order valence-corrected chi connectivity index (χ2v) is 5.88. The summed E-state index contributed by atoms with van der Waals surface area (Å²) in [4.78, 5) is 11.0. The van der Waals surface area contributed by atoms with Gasteiger partial charge < -0.3 is 4.74 Å². The molecule has 1 aliphatic rings. The van der Waals surface area contributed by atoms with Crippen molar-refractivity contribution < 1.29 is 9.66 Å². The number of halogens is 1. The topological polar surface area (TPSA) is 52.4 Å². The van der Waals surface area contributed by atoms with Gasteiger partial charge in [0.15, 0.2) is 0 Å². The molecular weight excluding hydrogens is 298 g/mol. The van der Waals surface area contributed by atoms with Crippen molar-refractivity contribution >= 4 is 21.6 Å². The maximum atomic E-state index is 10.9. The third-order valence-corrected chi connectivity index (χ3v) is 4.67. The van der Waals surface area contributed by atoms with Crippen LogP contribution in [-0.4, -0.2) is 16.9 Å². The van der Waals surface area contributed by atoms with Gasteiger partial charge in [-0.15, -0.1) is 0 Å². The molecule has 2 atom stereocenters. The van der Waals surface area contributed by atoms with E-state index in [1.165, 1.54) is 32.4 Å². The van der Waals surface area contributed by atoms with E-state index < -0.39 is 0 Å². The van der Waals surface area contributed by atoms with E-state index in [0.717, 1.165) is 12.0 Å². The zero-order chi connectivity index (χ0) is 13.1. The Bertz CT molecular complexity index is 450. The maximum Gasteiger partial charge on any atom is 0.273 e. The number of rotatable bonds is 4. The molecule has 5 heteroatoms. The average Bonchev–Trinajstić information content (AvgIpc) is 2.74. The van der Waals surface area contributed by atoms with E-state index in [1.807, 2.05) is 6.07 Å². The minimum Gasteiger partial charge on any atom is -0.496 e. The lowest BCUT2D eigenvalue weighted by Gasteiger charge is -2.14. The second kappa shape index (κ2) is 5.69. The monoisotopic (exact) mass is 313 g/mol. The van der Waals surface area contributed by atoms with Crippen molar-refractivity contribution in [3.05, 3.63) is 33.9 Å². The number of ether oxygens (including phenoxy) is 1. The number of non-ortho nitro benzene ring substituents is 1. The number of nitro benzene ring substituents is 1. The first kappa shape index (κ1) is 13.3. The first-order valence-electron chi connectivity index (χ1n) is 6.06. The van der Waals surface area contributed by atoms with Gasteiger partial charge in [0.25, 0.3) is 5.69 Å². The van der Waals surface area contributed by atoms with Gasteiger partial charge in [0, 0.05) is 10.9 Å². The average molecular weight is 314 g/mol. The highest BCUT2D eigenvalue weighted by atomic mass is 79.9. The number of methoxy groups -OCH3 is 1. The molecule has 0 radical (unpaired) electrons. The molecular formula is C13H16BrNO3. The number of hydrogen-bond donors (Lipinski definition) is 0. The molecule has 0 spiro atoms. The summed E-state index contributed by atoms with van der Waals surface area (Å²) in [7, 11) is 1.53. The fourth-order valence-electron chi connectivity index (χ4n) is 2.51. The van der Waals surface area contributed by atoms with E-state index in [1.54, 1.807) is 6.07 Å². The van der Waals surface area contributed by atoms with Crippen LogP contribution >= 0.6 is 15.9 Å².